The molecular weight excluding hydrogens is 278 g/mol. The van der Waals surface area contributed by atoms with E-state index in [1.54, 1.807) is 13.2 Å². The van der Waals surface area contributed by atoms with Gasteiger partial charge in [-0.2, -0.15) is 0 Å². The maximum atomic E-state index is 12.7. The molecule has 0 bridgehead atoms. The molecule has 1 aliphatic heterocycles. The van der Waals surface area contributed by atoms with Crippen molar-refractivity contribution >= 4 is 12.0 Å². The van der Waals surface area contributed by atoms with Gasteiger partial charge in [-0.1, -0.05) is 12.2 Å². The van der Waals surface area contributed by atoms with Gasteiger partial charge in [-0.05, 0) is 38.8 Å². The fraction of sp³-hybridized carbons (Fsp3) is 0.529. The average molecular weight is 301 g/mol. The highest BCUT2D eigenvalue weighted by Gasteiger charge is 2.31. The molecule has 2 aliphatic rings. The molecule has 118 valence electrons. The van der Waals surface area contributed by atoms with Crippen LogP contribution in [-0.2, 0) is 13.5 Å². The molecule has 1 aromatic heterocycles. The third-order valence-electron chi connectivity index (χ3n) is 4.87. The highest BCUT2D eigenvalue weighted by molar-refractivity contribution is 5.98. The fourth-order valence-electron chi connectivity index (χ4n) is 3.25. The van der Waals surface area contributed by atoms with Gasteiger partial charge in [0, 0.05) is 37.4 Å². The van der Waals surface area contributed by atoms with Crippen molar-refractivity contribution in [2.45, 2.75) is 31.7 Å². The van der Waals surface area contributed by atoms with Gasteiger partial charge < -0.3 is 14.8 Å². The SMILES string of the molecule is CN1CCC(C)(NC(=O)c2cn(C)c(=O)c3c2C=CC3)CC1. The normalized spacial score (nSPS) is 20.0. The molecule has 2 heterocycles. The summed E-state index contributed by atoms with van der Waals surface area (Å²) in [6, 6.07) is 0. The van der Waals surface area contributed by atoms with Gasteiger partial charge in [0.05, 0.1) is 5.56 Å². The maximum absolute atomic E-state index is 12.7. The molecule has 0 spiro atoms. The summed E-state index contributed by atoms with van der Waals surface area (Å²) in [4.78, 5) is 27.1. The number of carbonyl (C=O) groups excluding carboxylic acids is 1. The number of aromatic nitrogens is 1. The zero-order valence-corrected chi connectivity index (χ0v) is 13.5. The van der Waals surface area contributed by atoms with Crippen molar-refractivity contribution in [3.05, 3.63) is 39.3 Å². The Morgan fingerprint density at radius 3 is 2.64 bits per heavy atom. The molecule has 1 amide bonds. The molecule has 3 rings (SSSR count). The number of nitrogens with zero attached hydrogens (tertiary/aromatic N) is 2. The van der Waals surface area contributed by atoms with E-state index in [4.69, 9.17) is 0 Å². The number of carbonyl (C=O) groups is 1. The van der Waals surface area contributed by atoms with Crippen LogP contribution in [0.15, 0.2) is 17.1 Å². The lowest BCUT2D eigenvalue weighted by Gasteiger charge is -2.38. The largest absolute Gasteiger partial charge is 0.347 e. The lowest BCUT2D eigenvalue weighted by molar-refractivity contribution is 0.0851. The van der Waals surface area contributed by atoms with Crippen molar-refractivity contribution < 1.29 is 4.79 Å². The quantitative estimate of drug-likeness (QED) is 0.892. The van der Waals surface area contributed by atoms with Crippen LogP contribution in [0, 0.1) is 0 Å². The van der Waals surface area contributed by atoms with Crippen molar-refractivity contribution in [2.24, 2.45) is 7.05 Å². The Hall–Kier alpha value is -1.88. The summed E-state index contributed by atoms with van der Waals surface area (Å²) in [5, 5.41) is 3.19. The lowest BCUT2D eigenvalue weighted by Crippen LogP contribution is -2.52. The number of rotatable bonds is 2. The van der Waals surface area contributed by atoms with E-state index < -0.39 is 0 Å². The Bertz CT molecular complexity index is 695. The second kappa shape index (κ2) is 5.39. The number of hydrogen-bond donors (Lipinski definition) is 1. The van der Waals surface area contributed by atoms with Gasteiger partial charge in [-0.3, -0.25) is 9.59 Å². The number of likely N-dealkylation sites (tertiary alicyclic amines) is 1. The molecule has 22 heavy (non-hydrogen) atoms. The van der Waals surface area contributed by atoms with Crippen molar-refractivity contribution in [1.82, 2.24) is 14.8 Å². The fourth-order valence-corrected chi connectivity index (χ4v) is 3.25. The van der Waals surface area contributed by atoms with Gasteiger partial charge in [0.15, 0.2) is 0 Å². The molecule has 0 aromatic carbocycles. The van der Waals surface area contributed by atoms with Crippen LogP contribution in [-0.4, -0.2) is 41.1 Å². The van der Waals surface area contributed by atoms with Gasteiger partial charge in [0.25, 0.3) is 11.5 Å². The van der Waals surface area contributed by atoms with Crippen LogP contribution in [0.2, 0.25) is 0 Å². The molecule has 1 saturated heterocycles. The number of aryl methyl sites for hydroxylation is 1. The van der Waals surface area contributed by atoms with Gasteiger partial charge in [-0.15, -0.1) is 0 Å². The molecule has 1 fully saturated rings. The standard InChI is InChI=1S/C17H23N3O2/c1-17(7-9-19(2)10-8-17)18-15(21)14-11-20(3)16(22)13-6-4-5-12(13)14/h4-5,11H,6-10H2,1-3H3,(H,18,21). The van der Waals surface area contributed by atoms with E-state index in [0.717, 1.165) is 37.1 Å². The molecule has 0 atom stereocenters. The van der Waals surface area contributed by atoms with Gasteiger partial charge in [0.2, 0.25) is 0 Å². The van der Waals surface area contributed by atoms with Crippen molar-refractivity contribution in [3.8, 4) is 0 Å². The molecule has 1 N–H and O–H groups in total. The lowest BCUT2D eigenvalue weighted by atomic mass is 9.89. The summed E-state index contributed by atoms with van der Waals surface area (Å²) in [6.07, 6.45) is 8.00. The number of pyridine rings is 1. The highest BCUT2D eigenvalue weighted by atomic mass is 16.2. The number of fused-ring (bicyclic) bond motifs is 1. The molecule has 0 radical (unpaired) electrons. The van der Waals surface area contributed by atoms with E-state index in [-0.39, 0.29) is 17.0 Å². The minimum Gasteiger partial charge on any atom is -0.347 e. The Morgan fingerprint density at radius 2 is 1.95 bits per heavy atom. The summed E-state index contributed by atoms with van der Waals surface area (Å²) in [6.45, 7) is 4.08. The maximum Gasteiger partial charge on any atom is 0.254 e. The molecular formula is C17H23N3O2. The van der Waals surface area contributed by atoms with Gasteiger partial charge >= 0.3 is 0 Å². The molecule has 1 aliphatic carbocycles. The van der Waals surface area contributed by atoms with E-state index >= 15 is 0 Å². The van der Waals surface area contributed by atoms with Crippen LogP contribution in [0.1, 0.15) is 41.3 Å². The number of piperidine rings is 1. The second-order valence-electron chi connectivity index (χ2n) is 6.78. The minimum absolute atomic E-state index is 0.0120. The van der Waals surface area contributed by atoms with Crippen LogP contribution in [0.25, 0.3) is 6.08 Å². The number of hydrogen-bond acceptors (Lipinski definition) is 3. The Labute approximate surface area is 130 Å². The topological polar surface area (TPSA) is 54.3 Å². The molecule has 5 nitrogen and oxygen atoms in total. The van der Waals surface area contributed by atoms with E-state index in [0.29, 0.717) is 12.0 Å². The van der Waals surface area contributed by atoms with Crippen molar-refractivity contribution in [1.29, 1.82) is 0 Å². The Morgan fingerprint density at radius 1 is 1.27 bits per heavy atom. The zero-order valence-electron chi connectivity index (χ0n) is 13.5. The monoisotopic (exact) mass is 301 g/mol. The number of nitrogens with one attached hydrogen (secondary N) is 1. The highest BCUT2D eigenvalue weighted by Crippen LogP contribution is 2.24. The molecule has 1 aromatic rings. The van der Waals surface area contributed by atoms with Crippen LogP contribution in [0.5, 0.6) is 0 Å². The van der Waals surface area contributed by atoms with Crippen LogP contribution in [0.3, 0.4) is 0 Å². The predicted octanol–water partition coefficient (Wildman–Crippen LogP) is 1.17. The first-order valence-electron chi connectivity index (χ1n) is 7.80. The van der Waals surface area contributed by atoms with Crippen LogP contribution >= 0.6 is 0 Å². The van der Waals surface area contributed by atoms with E-state index in [1.807, 2.05) is 12.2 Å². The van der Waals surface area contributed by atoms with E-state index in [2.05, 4.69) is 24.2 Å². The Balaban J connectivity index is 1.87. The minimum atomic E-state index is -0.173. The number of allylic oxidation sites excluding steroid dienone is 1. The van der Waals surface area contributed by atoms with E-state index in [9.17, 15) is 9.59 Å². The first kappa shape index (κ1) is 15.0. The first-order chi connectivity index (χ1) is 10.4. The first-order valence-corrected chi connectivity index (χ1v) is 7.80. The molecule has 0 unspecified atom stereocenters. The van der Waals surface area contributed by atoms with Gasteiger partial charge in [0.1, 0.15) is 0 Å². The third kappa shape index (κ3) is 2.61. The summed E-state index contributed by atoms with van der Waals surface area (Å²) in [5.74, 6) is -0.0783. The number of amides is 1. The Kier molecular flexibility index (Phi) is 3.68. The van der Waals surface area contributed by atoms with Crippen LogP contribution < -0.4 is 10.9 Å². The van der Waals surface area contributed by atoms with Gasteiger partial charge in [-0.25, -0.2) is 0 Å². The second-order valence-corrected chi connectivity index (χ2v) is 6.78. The smallest absolute Gasteiger partial charge is 0.254 e. The molecule has 5 heteroatoms. The predicted molar refractivity (Wildman–Crippen MR) is 87.0 cm³/mol. The average Bonchev–Trinajstić information content (AvgIpc) is 2.96. The summed E-state index contributed by atoms with van der Waals surface area (Å²) >= 11 is 0. The van der Waals surface area contributed by atoms with Crippen molar-refractivity contribution in [3.63, 3.8) is 0 Å². The zero-order chi connectivity index (χ0) is 15.9. The van der Waals surface area contributed by atoms with Crippen molar-refractivity contribution in [2.75, 3.05) is 20.1 Å². The summed E-state index contributed by atoms with van der Waals surface area (Å²) < 4.78 is 1.51. The van der Waals surface area contributed by atoms with E-state index in [1.165, 1.54) is 4.57 Å². The third-order valence-corrected chi connectivity index (χ3v) is 4.87. The van der Waals surface area contributed by atoms with Crippen LogP contribution in [0.4, 0.5) is 0 Å². The summed E-state index contributed by atoms with van der Waals surface area (Å²) in [5.41, 5.74) is 1.93. The molecule has 0 saturated carbocycles. The summed E-state index contributed by atoms with van der Waals surface area (Å²) in [7, 11) is 3.81.